The van der Waals surface area contributed by atoms with Gasteiger partial charge in [0.25, 0.3) is 0 Å². The lowest BCUT2D eigenvalue weighted by atomic mass is 10.3. The summed E-state index contributed by atoms with van der Waals surface area (Å²) in [6.07, 6.45) is 4.11. The van der Waals surface area contributed by atoms with E-state index in [9.17, 15) is 0 Å². The lowest BCUT2D eigenvalue weighted by molar-refractivity contribution is 1.16. The van der Waals surface area contributed by atoms with Gasteiger partial charge >= 0.3 is 0 Å². The molecule has 0 aromatic carbocycles. The summed E-state index contributed by atoms with van der Waals surface area (Å²) in [7, 11) is 0. The Morgan fingerprint density at radius 2 is 2.25 bits per heavy atom. The lowest BCUT2D eigenvalue weighted by Gasteiger charge is -1.98. The van der Waals surface area contributed by atoms with Crippen molar-refractivity contribution < 1.29 is 0 Å². The zero-order valence-corrected chi connectivity index (χ0v) is 11.0. The predicted molar refractivity (Wildman–Crippen MR) is 70.9 cm³/mol. The van der Waals surface area contributed by atoms with E-state index in [1.807, 2.05) is 10.6 Å². The van der Waals surface area contributed by atoms with E-state index < -0.39 is 0 Å². The second-order valence-electron chi connectivity index (χ2n) is 3.71. The largest absolute Gasteiger partial charge is 0.305 e. The average Bonchev–Trinajstić information content (AvgIpc) is 2.86. The Morgan fingerprint density at radius 3 is 3.00 bits per heavy atom. The number of aryl methyl sites for hydroxylation is 1. The normalized spacial score (nSPS) is 11.1. The van der Waals surface area contributed by atoms with E-state index in [-0.39, 0.29) is 0 Å². The van der Waals surface area contributed by atoms with Crippen LogP contribution in [0.5, 0.6) is 0 Å². The van der Waals surface area contributed by atoms with Crippen molar-refractivity contribution in [1.29, 1.82) is 0 Å². The maximum absolute atomic E-state index is 4.61. The van der Waals surface area contributed by atoms with Gasteiger partial charge in [-0.1, -0.05) is 0 Å². The molecule has 0 saturated heterocycles. The molecule has 0 saturated carbocycles. The zero-order valence-electron chi connectivity index (χ0n) is 8.64. The molecule has 0 bridgehead atoms. The number of nitrogens with zero attached hydrogens (tertiary/aromatic N) is 2. The van der Waals surface area contributed by atoms with Crippen molar-refractivity contribution in [2.75, 3.05) is 0 Å². The molecule has 0 aliphatic rings. The first-order chi connectivity index (χ1) is 7.74. The fraction of sp³-hybridized carbons (Fsp3) is 0.0833. The summed E-state index contributed by atoms with van der Waals surface area (Å²) in [5, 5.41) is 4.18. The molecule has 4 heteroatoms. The van der Waals surface area contributed by atoms with E-state index >= 15 is 0 Å². The number of rotatable bonds is 1. The van der Waals surface area contributed by atoms with Crippen LogP contribution in [-0.4, -0.2) is 9.38 Å². The van der Waals surface area contributed by atoms with E-state index in [1.54, 1.807) is 11.3 Å². The highest BCUT2D eigenvalue weighted by Gasteiger charge is 2.06. The fourth-order valence-electron chi connectivity index (χ4n) is 1.65. The van der Waals surface area contributed by atoms with Crippen LogP contribution in [0.15, 0.2) is 39.8 Å². The molecular formula is C12H9BrN2S. The summed E-state index contributed by atoms with van der Waals surface area (Å²) in [4.78, 5) is 4.61. The molecule has 3 rings (SSSR count). The van der Waals surface area contributed by atoms with Crippen LogP contribution in [0.4, 0.5) is 0 Å². The van der Waals surface area contributed by atoms with Gasteiger partial charge in [-0.25, -0.2) is 4.98 Å². The van der Waals surface area contributed by atoms with Crippen LogP contribution in [0, 0.1) is 6.92 Å². The number of aromatic nitrogens is 2. The van der Waals surface area contributed by atoms with Crippen molar-refractivity contribution in [2.45, 2.75) is 6.92 Å². The van der Waals surface area contributed by atoms with E-state index in [0.29, 0.717) is 0 Å². The molecule has 3 aromatic rings. The minimum Gasteiger partial charge on any atom is -0.305 e. The molecule has 2 nitrogen and oxygen atoms in total. The van der Waals surface area contributed by atoms with Gasteiger partial charge < -0.3 is 4.40 Å². The van der Waals surface area contributed by atoms with Crippen LogP contribution >= 0.6 is 27.3 Å². The van der Waals surface area contributed by atoms with Gasteiger partial charge in [-0.05, 0) is 45.9 Å². The molecule has 80 valence electrons. The van der Waals surface area contributed by atoms with Crippen LogP contribution in [-0.2, 0) is 0 Å². The van der Waals surface area contributed by atoms with Crippen LogP contribution < -0.4 is 0 Å². The van der Waals surface area contributed by atoms with Crippen molar-refractivity contribution >= 4 is 32.9 Å². The molecule has 16 heavy (non-hydrogen) atoms. The highest BCUT2D eigenvalue weighted by molar-refractivity contribution is 9.10. The number of imidazole rings is 1. The number of hydrogen-bond donors (Lipinski definition) is 0. The SMILES string of the molecule is Cc1cc2nc(-c3ccsc3)cn2cc1Br. The molecular weight excluding hydrogens is 284 g/mol. The summed E-state index contributed by atoms with van der Waals surface area (Å²) in [5.74, 6) is 0. The molecule has 0 aliphatic heterocycles. The summed E-state index contributed by atoms with van der Waals surface area (Å²) in [5.41, 5.74) is 4.40. The Kier molecular flexibility index (Phi) is 2.33. The lowest BCUT2D eigenvalue weighted by Crippen LogP contribution is -1.85. The smallest absolute Gasteiger partial charge is 0.137 e. The Balaban J connectivity index is 2.23. The van der Waals surface area contributed by atoms with Crippen molar-refractivity contribution in [1.82, 2.24) is 9.38 Å². The van der Waals surface area contributed by atoms with Crippen molar-refractivity contribution in [3.8, 4) is 11.3 Å². The Morgan fingerprint density at radius 1 is 1.38 bits per heavy atom. The van der Waals surface area contributed by atoms with Crippen molar-refractivity contribution in [3.63, 3.8) is 0 Å². The first-order valence-electron chi connectivity index (χ1n) is 4.91. The number of pyridine rings is 1. The van der Waals surface area contributed by atoms with Gasteiger partial charge in [0, 0.05) is 27.8 Å². The number of thiophene rings is 1. The average molecular weight is 293 g/mol. The van der Waals surface area contributed by atoms with Crippen molar-refractivity contribution in [3.05, 3.63) is 45.3 Å². The minimum atomic E-state index is 0.988. The monoisotopic (exact) mass is 292 g/mol. The van der Waals surface area contributed by atoms with Gasteiger partial charge in [-0.15, -0.1) is 0 Å². The molecule has 0 atom stereocenters. The third kappa shape index (κ3) is 1.58. The highest BCUT2D eigenvalue weighted by Crippen LogP contribution is 2.24. The van der Waals surface area contributed by atoms with Crippen molar-refractivity contribution in [2.24, 2.45) is 0 Å². The van der Waals surface area contributed by atoms with Gasteiger partial charge in [0.1, 0.15) is 5.65 Å². The second kappa shape index (κ2) is 3.71. The number of hydrogen-bond acceptors (Lipinski definition) is 2. The first-order valence-corrected chi connectivity index (χ1v) is 6.65. The van der Waals surface area contributed by atoms with Crippen LogP contribution in [0.2, 0.25) is 0 Å². The fourth-order valence-corrected chi connectivity index (χ4v) is 2.64. The molecule has 0 radical (unpaired) electrons. The molecule has 0 unspecified atom stereocenters. The van der Waals surface area contributed by atoms with Gasteiger partial charge in [-0.2, -0.15) is 11.3 Å². The Hall–Kier alpha value is -1.13. The van der Waals surface area contributed by atoms with Crippen LogP contribution in [0.3, 0.4) is 0 Å². The summed E-state index contributed by atoms with van der Waals surface area (Å²) in [6, 6.07) is 4.17. The molecule has 0 spiro atoms. The molecule has 3 aromatic heterocycles. The summed E-state index contributed by atoms with van der Waals surface area (Å²) in [6.45, 7) is 2.07. The van der Waals surface area contributed by atoms with E-state index in [2.05, 4.69) is 56.9 Å². The topological polar surface area (TPSA) is 17.3 Å². The quantitative estimate of drug-likeness (QED) is 0.659. The summed E-state index contributed by atoms with van der Waals surface area (Å²) >= 11 is 5.22. The first kappa shape index (κ1) is 10.1. The third-order valence-corrected chi connectivity index (χ3v) is 4.07. The molecule has 0 amide bonds. The maximum atomic E-state index is 4.61. The molecule has 3 heterocycles. The second-order valence-corrected chi connectivity index (χ2v) is 5.34. The number of halogens is 1. The van der Waals surface area contributed by atoms with Crippen LogP contribution in [0.1, 0.15) is 5.56 Å². The van der Waals surface area contributed by atoms with E-state index in [1.165, 1.54) is 11.1 Å². The minimum absolute atomic E-state index is 0.988. The highest BCUT2D eigenvalue weighted by atomic mass is 79.9. The van der Waals surface area contributed by atoms with E-state index in [0.717, 1.165) is 15.8 Å². The van der Waals surface area contributed by atoms with Gasteiger partial charge in [0.05, 0.1) is 5.69 Å². The van der Waals surface area contributed by atoms with Gasteiger partial charge in [-0.3, -0.25) is 0 Å². The Labute approximate surface area is 106 Å². The molecule has 0 N–H and O–H groups in total. The standard InChI is InChI=1S/C12H9BrN2S/c1-8-4-12-14-11(9-2-3-16-7-9)6-15(12)5-10(8)13/h2-7H,1H3. The summed E-state index contributed by atoms with van der Waals surface area (Å²) < 4.78 is 3.15. The van der Waals surface area contributed by atoms with Gasteiger partial charge in [0.15, 0.2) is 0 Å². The number of fused-ring (bicyclic) bond motifs is 1. The molecule has 0 aliphatic carbocycles. The van der Waals surface area contributed by atoms with Gasteiger partial charge in [0.2, 0.25) is 0 Å². The third-order valence-electron chi connectivity index (χ3n) is 2.55. The maximum Gasteiger partial charge on any atom is 0.137 e. The zero-order chi connectivity index (χ0) is 11.1. The molecule has 0 fully saturated rings. The predicted octanol–water partition coefficient (Wildman–Crippen LogP) is 4.13. The van der Waals surface area contributed by atoms with E-state index in [4.69, 9.17) is 0 Å². The Bertz CT molecular complexity index is 601. The van der Waals surface area contributed by atoms with Crippen LogP contribution in [0.25, 0.3) is 16.9 Å².